The lowest BCUT2D eigenvalue weighted by Gasteiger charge is -2.28. The summed E-state index contributed by atoms with van der Waals surface area (Å²) >= 11 is 1.13. The van der Waals surface area contributed by atoms with E-state index in [9.17, 15) is 18.3 Å². The Hall–Kier alpha value is -1.19. The van der Waals surface area contributed by atoms with Gasteiger partial charge < -0.3 is 10.4 Å². The number of sulfonamides is 1. The van der Waals surface area contributed by atoms with Crippen molar-refractivity contribution in [1.29, 1.82) is 0 Å². The first-order valence-electron chi connectivity index (χ1n) is 6.73. The van der Waals surface area contributed by atoms with E-state index in [0.29, 0.717) is 12.1 Å². The van der Waals surface area contributed by atoms with E-state index < -0.39 is 16.1 Å². The van der Waals surface area contributed by atoms with Crippen molar-refractivity contribution in [2.24, 2.45) is 0 Å². The molecular formula is C12H19N3O4S2. The Labute approximate surface area is 127 Å². The topological polar surface area (TPSA) is 108 Å². The number of carbonyl (C=O) groups is 1. The third kappa shape index (κ3) is 5.25. The molecule has 7 nitrogen and oxygen atoms in total. The van der Waals surface area contributed by atoms with Gasteiger partial charge in [0, 0.05) is 5.38 Å². The van der Waals surface area contributed by atoms with Gasteiger partial charge in [0.25, 0.3) is 0 Å². The molecule has 1 aliphatic carbocycles. The van der Waals surface area contributed by atoms with E-state index in [1.54, 1.807) is 5.38 Å². The van der Waals surface area contributed by atoms with E-state index in [1.165, 1.54) is 0 Å². The van der Waals surface area contributed by atoms with Gasteiger partial charge in [0.2, 0.25) is 15.9 Å². The first-order chi connectivity index (χ1) is 9.83. The van der Waals surface area contributed by atoms with E-state index in [-0.39, 0.29) is 23.5 Å². The zero-order chi connectivity index (χ0) is 15.5. The van der Waals surface area contributed by atoms with Gasteiger partial charge in [-0.25, -0.2) is 13.4 Å². The Balaban J connectivity index is 1.88. The van der Waals surface area contributed by atoms with Gasteiger partial charge in [0.05, 0.1) is 30.5 Å². The zero-order valence-corrected chi connectivity index (χ0v) is 13.3. The Morgan fingerprint density at radius 2 is 2.19 bits per heavy atom. The molecule has 3 N–H and O–H groups in total. The van der Waals surface area contributed by atoms with Gasteiger partial charge in [-0.3, -0.25) is 9.52 Å². The summed E-state index contributed by atoms with van der Waals surface area (Å²) in [5.74, 6) is -0.211. The third-order valence-corrected chi connectivity index (χ3v) is 4.74. The predicted molar refractivity (Wildman–Crippen MR) is 80.7 cm³/mol. The molecule has 1 amide bonds. The van der Waals surface area contributed by atoms with Crippen LogP contribution >= 0.6 is 11.3 Å². The fraction of sp³-hybridized carbons (Fsp3) is 0.667. The van der Waals surface area contributed by atoms with Crippen molar-refractivity contribution in [2.75, 3.05) is 11.0 Å². The number of nitrogens with zero attached hydrogens (tertiary/aromatic N) is 1. The van der Waals surface area contributed by atoms with Crippen LogP contribution in [0.5, 0.6) is 0 Å². The van der Waals surface area contributed by atoms with Crippen molar-refractivity contribution >= 4 is 32.4 Å². The van der Waals surface area contributed by atoms with E-state index in [0.717, 1.165) is 36.9 Å². The lowest BCUT2D eigenvalue weighted by molar-refractivity contribution is -0.122. The normalized spacial score (nSPS) is 22.8. The second-order valence-electron chi connectivity index (χ2n) is 5.22. The lowest BCUT2D eigenvalue weighted by Crippen LogP contribution is -2.45. The van der Waals surface area contributed by atoms with Crippen LogP contribution in [0.25, 0.3) is 0 Å². The monoisotopic (exact) mass is 333 g/mol. The SMILES string of the molecule is CS(=O)(=O)Nc1nc(CC(=O)N[C@@H]2CCCC[C@H]2O)cs1. The molecule has 2 rings (SSSR count). The average molecular weight is 333 g/mol. The number of amides is 1. The van der Waals surface area contributed by atoms with Crippen LogP contribution < -0.4 is 10.0 Å². The van der Waals surface area contributed by atoms with Crippen LogP contribution in [-0.2, 0) is 21.2 Å². The predicted octanol–water partition coefficient (Wildman–Crippen LogP) is 0.477. The maximum absolute atomic E-state index is 11.9. The quantitative estimate of drug-likeness (QED) is 0.726. The van der Waals surface area contributed by atoms with Gasteiger partial charge in [0.15, 0.2) is 5.13 Å². The molecule has 0 aromatic carbocycles. The number of aliphatic hydroxyl groups is 1. The first kappa shape index (κ1) is 16.2. The Morgan fingerprint density at radius 3 is 2.86 bits per heavy atom. The molecule has 0 radical (unpaired) electrons. The zero-order valence-electron chi connectivity index (χ0n) is 11.7. The van der Waals surface area contributed by atoms with Crippen LogP contribution in [0.15, 0.2) is 5.38 Å². The first-order valence-corrected chi connectivity index (χ1v) is 9.50. The van der Waals surface area contributed by atoms with Crippen LogP contribution in [0.1, 0.15) is 31.4 Å². The minimum atomic E-state index is -3.36. The molecule has 9 heteroatoms. The number of aliphatic hydroxyl groups excluding tert-OH is 1. The largest absolute Gasteiger partial charge is 0.391 e. The number of aromatic nitrogens is 1. The molecule has 1 saturated carbocycles. The standard InChI is InChI=1S/C12H19N3O4S2/c1-21(18,19)15-12-13-8(7-20-12)6-11(17)14-9-4-2-3-5-10(9)16/h7,9-10,16H,2-6H2,1H3,(H,13,15)(H,14,17)/t9-,10-/m1/s1. The number of hydrogen-bond donors (Lipinski definition) is 3. The number of hydrogen-bond acceptors (Lipinski definition) is 6. The number of nitrogens with one attached hydrogen (secondary N) is 2. The Bertz CT molecular complexity index is 599. The maximum Gasteiger partial charge on any atom is 0.231 e. The van der Waals surface area contributed by atoms with Crippen LogP contribution in [0.3, 0.4) is 0 Å². The number of carbonyl (C=O) groups excluding carboxylic acids is 1. The highest BCUT2D eigenvalue weighted by molar-refractivity contribution is 7.92. The molecule has 1 aromatic heterocycles. The Kier molecular flexibility index (Phi) is 5.17. The van der Waals surface area contributed by atoms with Crippen molar-refractivity contribution in [3.8, 4) is 0 Å². The molecule has 2 atom stereocenters. The number of rotatable bonds is 5. The van der Waals surface area contributed by atoms with Crippen LogP contribution in [-0.4, -0.2) is 42.8 Å². The minimum Gasteiger partial charge on any atom is -0.391 e. The summed E-state index contributed by atoms with van der Waals surface area (Å²) in [6, 6.07) is -0.196. The fourth-order valence-corrected chi connectivity index (χ4v) is 3.86. The molecule has 0 aliphatic heterocycles. The van der Waals surface area contributed by atoms with Gasteiger partial charge >= 0.3 is 0 Å². The summed E-state index contributed by atoms with van der Waals surface area (Å²) in [6.45, 7) is 0. The van der Waals surface area contributed by atoms with Crippen molar-refractivity contribution in [3.05, 3.63) is 11.1 Å². The van der Waals surface area contributed by atoms with Crippen molar-refractivity contribution in [3.63, 3.8) is 0 Å². The van der Waals surface area contributed by atoms with Gasteiger partial charge in [-0.1, -0.05) is 12.8 Å². The molecule has 0 spiro atoms. The molecule has 21 heavy (non-hydrogen) atoms. The highest BCUT2D eigenvalue weighted by atomic mass is 32.2. The van der Waals surface area contributed by atoms with Crippen molar-refractivity contribution in [1.82, 2.24) is 10.3 Å². The van der Waals surface area contributed by atoms with Gasteiger partial charge in [-0.2, -0.15) is 0 Å². The molecule has 118 valence electrons. The number of anilines is 1. The van der Waals surface area contributed by atoms with E-state index in [4.69, 9.17) is 0 Å². The Morgan fingerprint density at radius 1 is 1.48 bits per heavy atom. The number of thiazole rings is 1. The second-order valence-corrected chi connectivity index (χ2v) is 7.83. The molecule has 0 saturated heterocycles. The van der Waals surface area contributed by atoms with Gasteiger partial charge in [0.1, 0.15) is 0 Å². The summed E-state index contributed by atoms with van der Waals surface area (Å²) in [4.78, 5) is 16.0. The summed E-state index contributed by atoms with van der Waals surface area (Å²) in [5, 5.41) is 14.5. The van der Waals surface area contributed by atoms with Gasteiger partial charge in [-0.05, 0) is 12.8 Å². The summed E-state index contributed by atoms with van der Waals surface area (Å²) in [5.41, 5.74) is 0.508. The van der Waals surface area contributed by atoms with E-state index in [1.807, 2.05) is 0 Å². The van der Waals surface area contributed by atoms with Crippen molar-refractivity contribution in [2.45, 2.75) is 44.2 Å². The summed E-state index contributed by atoms with van der Waals surface area (Å²) in [6.07, 6.45) is 4.12. The van der Waals surface area contributed by atoms with Crippen LogP contribution in [0.4, 0.5) is 5.13 Å². The van der Waals surface area contributed by atoms with Gasteiger partial charge in [-0.15, -0.1) is 11.3 Å². The molecule has 1 aromatic rings. The second kappa shape index (κ2) is 6.71. The van der Waals surface area contributed by atoms with Crippen LogP contribution in [0, 0.1) is 0 Å². The summed E-state index contributed by atoms with van der Waals surface area (Å²) < 4.78 is 24.4. The third-order valence-electron chi connectivity index (χ3n) is 3.24. The summed E-state index contributed by atoms with van der Waals surface area (Å²) in [7, 11) is -3.36. The lowest BCUT2D eigenvalue weighted by atomic mass is 9.92. The van der Waals surface area contributed by atoms with E-state index in [2.05, 4.69) is 15.0 Å². The molecule has 1 aliphatic rings. The molecule has 0 bridgehead atoms. The molecule has 1 heterocycles. The fourth-order valence-electron chi connectivity index (χ4n) is 2.30. The minimum absolute atomic E-state index is 0.0746. The molecule has 0 unspecified atom stereocenters. The molecular weight excluding hydrogens is 314 g/mol. The van der Waals surface area contributed by atoms with E-state index >= 15 is 0 Å². The smallest absolute Gasteiger partial charge is 0.231 e. The highest BCUT2D eigenvalue weighted by Crippen LogP contribution is 2.19. The maximum atomic E-state index is 11.9. The van der Waals surface area contributed by atoms with Crippen LogP contribution in [0.2, 0.25) is 0 Å². The average Bonchev–Trinajstić information content (AvgIpc) is 2.77. The highest BCUT2D eigenvalue weighted by Gasteiger charge is 2.24. The van der Waals surface area contributed by atoms with Crippen molar-refractivity contribution < 1.29 is 18.3 Å². The molecule has 1 fully saturated rings.